The first-order chi connectivity index (χ1) is 10.7. The molecule has 3 rings (SSSR count). The van der Waals surface area contributed by atoms with Crippen molar-refractivity contribution in [3.63, 3.8) is 0 Å². The van der Waals surface area contributed by atoms with Crippen LogP contribution in [0.5, 0.6) is 0 Å². The number of hydrogen-bond donors (Lipinski definition) is 0. The molecule has 0 aliphatic carbocycles. The molecule has 0 spiro atoms. The maximum Gasteiger partial charge on any atom is 0.258 e. The number of ether oxygens (including phenoxy) is 2. The fourth-order valence-corrected chi connectivity index (χ4v) is 2.66. The molecule has 22 heavy (non-hydrogen) atoms. The lowest BCUT2D eigenvalue weighted by atomic mass is 9.99. The molecule has 1 aromatic carbocycles. The first kappa shape index (κ1) is 14.9. The molecule has 0 aromatic heterocycles. The van der Waals surface area contributed by atoms with E-state index in [-0.39, 0.29) is 17.9 Å². The third kappa shape index (κ3) is 2.96. The van der Waals surface area contributed by atoms with Gasteiger partial charge in [-0.05, 0) is 24.1 Å². The first-order valence-corrected chi connectivity index (χ1v) is 7.53. The highest BCUT2D eigenvalue weighted by molar-refractivity contribution is 6.28. The lowest BCUT2D eigenvalue weighted by Crippen LogP contribution is -2.39. The average Bonchev–Trinajstić information content (AvgIpc) is 2.81. The molecule has 116 valence electrons. The molecule has 0 radical (unpaired) electrons. The predicted molar refractivity (Wildman–Crippen MR) is 81.3 cm³/mol. The smallest absolute Gasteiger partial charge is 0.258 e. The van der Waals surface area contributed by atoms with Crippen molar-refractivity contribution in [2.45, 2.75) is 26.1 Å². The van der Waals surface area contributed by atoms with E-state index in [2.05, 4.69) is 6.92 Å². The second-order valence-electron chi connectivity index (χ2n) is 5.57. The molecule has 5 heteroatoms. The van der Waals surface area contributed by atoms with Crippen LogP contribution >= 0.6 is 0 Å². The van der Waals surface area contributed by atoms with Crippen LogP contribution in [0.25, 0.3) is 0 Å². The van der Waals surface area contributed by atoms with Gasteiger partial charge in [0.05, 0.1) is 31.6 Å². The lowest BCUT2D eigenvalue weighted by Gasteiger charge is -2.33. The molecule has 2 amide bonds. The summed E-state index contributed by atoms with van der Waals surface area (Å²) < 4.78 is 11.2. The van der Waals surface area contributed by atoms with Crippen LogP contribution in [-0.4, -0.2) is 31.1 Å². The van der Waals surface area contributed by atoms with Gasteiger partial charge in [-0.15, -0.1) is 0 Å². The normalized spacial score (nSPS) is 19.6. The number of nitrogens with zero attached hydrogens (tertiary/aromatic N) is 1. The van der Waals surface area contributed by atoms with E-state index in [1.54, 1.807) is 12.1 Å². The van der Waals surface area contributed by atoms with Crippen molar-refractivity contribution in [2.24, 2.45) is 5.92 Å². The molecule has 5 nitrogen and oxygen atoms in total. The van der Waals surface area contributed by atoms with Crippen molar-refractivity contribution in [1.29, 1.82) is 0 Å². The fourth-order valence-electron chi connectivity index (χ4n) is 2.66. The molecule has 0 bridgehead atoms. The van der Waals surface area contributed by atoms with Crippen LogP contribution in [0.4, 0.5) is 5.69 Å². The first-order valence-electron chi connectivity index (χ1n) is 7.53. The molecule has 0 saturated carbocycles. The van der Waals surface area contributed by atoms with Crippen LogP contribution in [0.15, 0.2) is 36.4 Å². The summed E-state index contributed by atoms with van der Waals surface area (Å²) in [5, 5.41) is 0. The van der Waals surface area contributed by atoms with Crippen LogP contribution in [0.2, 0.25) is 0 Å². The Kier molecular flexibility index (Phi) is 4.36. The van der Waals surface area contributed by atoms with Crippen molar-refractivity contribution < 1.29 is 19.1 Å². The van der Waals surface area contributed by atoms with E-state index in [1.807, 2.05) is 12.1 Å². The molecule has 1 fully saturated rings. The zero-order chi connectivity index (χ0) is 15.5. The Morgan fingerprint density at radius 1 is 1.18 bits per heavy atom. The molecule has 0 N–H and O–H groups in total. The van der Waals surface area contributed by atoms with Gasteiger partial charge < -0.3 is 9.47 Å². The van der Waals surface area contributed by atoms with E-state index in [9.17, 15) is 9.59 Å². The molecular weight excluding hydrogens is 282 g/mol. The summed E-state index contributed by atoms with van der Waals surface area (Å²) in [6, 6.07) is 7.32. The third-order valence-electron chi connectivity index (χ3n) is 4.06. The maximum absolute atomic E-state index is 11.6. The molecule has 1 unspecified atom stereocenters. The van der Waals surface area contributed by atoms with Gasteiger partial charge in [0.2, 0.25) is 0 Å². The second kappa shape index (κ2) is 6.42. The highest BCUT2D eigenvalue weighted by Gasteiger charge is 2.28. The minimum atomic E-state index is -0.301. The lowest BCUT2D eigenvalue weighted by molar-refractivity contribution is -0.120. The van der Waals surface area contributed by atoms with Gasteiger partial charge >= 0.3 is 0 Å². The van der Waals surface area contributed by atoms with Crippen LogP contribution in [0.3, 0.4) is 0 Å². The predicted octanol–water partition coefficient (Wildman–Crippen LogP) is 2.06. The van der Waals surface area contributed by atoms with Gasteiger partial charge in [0.15, 0.2) is 0 Å². The van der Waals surface area contributed by atoms with Crippen molar-refractivity contribution >= 4 is 17.5 Å². The quantitative estimate of drug-likeness (QED) is 0.755. The summed E-state index contributed by atoms with van der Waals surface area (Å²) in [6.45, 7) is 4.20. The number of carbonyl (C=O) groups excluding carboxylic acids is 2. The summed E-state index contributed by atoms with van der Waals surface area (Å²) in [5.74, 6) is -0.106. The van der Waals surface area contributed by atoms with Crippen molar-refractivity contribution in [3.05, 3.63) is 42.0 Å². The molecule has 1 saturated heterocycles. The van der Waals surface area contributed by atoms with Gasteiger partial charge in [-0.25, -0.2) is 4.90 Å². The molecule has 1 aromatic rings. The minimum absolute atomic E-state index is 0.222. The highest BCUT2D eigenvalue weighted by Crippen LogP contribution is 2.23. The number of rotatable bonds is 6. The third-order valence-corrected chi connectivity index (χ3v) is 4.06. The number of imide groups is 1. The van der Waals surface area contributed by atoms with E-state index in [0.717, 1.165) is 30.1 Å². The van der Waals surface area contributed by atoms with E-state index in [1.165, 1.54) is 12.2 Å². The van der Waals surface area contributed by atoms with E-state index in [0.29, 0.717) is 18.2 Å². The van der Waals surface area contributed by atoms with Gasteiger partial charge in [-0.2, -0.15) is 0 Å². The van der Waals surface area contributed by atoms with E-state index in [4.69, 9.17) is 9.47 Å². The SMILES string of the molecule is CCC(OCc1ccc(N2C(=O)C=CC2=O)cc1)C1COC1. The Balaban J connectivity index is 1.59. The number of hydrogen-bond acceptors (Lipinski definition) is 4. The number of amides is 2. The zero-order valence-corrected chi connectivity index (χ0v) is 12.5. The summed E-state index contributed by atoms with van der Waals surface area (Å²) in [4.78, 5) is 24.4. The van der Waals surface area contributed by atoms with Crippen LogP contribution in [0, 0.1) is 5.92 Å². The zero-order valence-electron chi connectivity index (χ0n) is 12.5. The topological polar surface area (TPSA) is 55.8 Å². The fraction of sp³-hybridized carbons (Fsp3) is 0.412. The van der Waals surface area contributed by atoms with Crippen molar-refractivity contribution in [3.8, 4) is 0 Å². The largest absolute Gasteiger partial charge is 0.380 e. The number of carbonyl (C=O) groups is 2. The summed E-state index contributed by atoms with van der Waals surface area (Å²) in [7, 11) is 0. The summed E-state index contributed by atoms with van der Waals surface area (Å²) in [5.41, 5.74) is 1.61. The Bertz CT molecular complexity index is 571. The Morgan fingerprint density at radius 2 is 1.82 bits per heavy atom. The molecule has 2 aliphatic rings. The van der Waals surface area contributed by atoms with E-state index < -0.39 is 0 Å². The minimum Gasteiger partial charge on any atom is -0.380 e. The van der Waals surface area contributed by atoms with Crippen molar-refractivity contribution in [2.75, 3.05) is 18.1 Å². The molecule has 2 heterocycles. The molecule has 2 aliphatic heterocycles. The van der Waals surface area contributed by atoms with Crippen LogP contribution in [0.1, 0.15) is 18.9 Å². The second-order valence-corrected chi connectivity index (χ2v) is 5.57. The average molecular weight is 301 g/mol. The standard InChI is InChI=1S/C17H19NO4/c1-2-15(13-10-21-11-13)22-9-12-3-5-14(6-4-12)18-16(19)7-8-17(18)20/h3-8,13,15H,2,9-11H2,1H3. The van der Waals surface area contributed by atoms with Crippen LogP contribution < -0.4 is 4.90 Å². The molecular formula is C17H19NO4. The summed E-state index contributed by atoms with van der Waals surface area (Å²) >= 11 is 0. The maximum atomic E-state index is 11.6. The monoisotopic (exact) mass is 301 g/mol. The van der Waals surface area contributed by atoms with Gasteiger partial charge in [0.25, 0.3) is 11.8 Å². The van der Waals surface area contributed by atoms with Gasteiger partial charge in [0, 0.05) is 18.1 Å². The Hall–Kier alpha value is -1.98. The number of benzene rings is 1. The van der Waals surface area contributed by atoms with Gasteiger partial charge in [-0.1, -0.05) is 19.1 Å². The number of anilines is 1. The molecule has 1 atom stereocenters. The van der Waals surface area contributed by atoms with Crippen LogP contribution in [-0.2, 0) is 25.7 Å². The Labute approximate surface area is 129 Å². The van der Waals surface area contributed by atoms with Crippen molar-refractivity contribution in [1.82, 2.24) is 0 Å². The van der Waals surface area contributed by atoms with Gasteiger partial charge in [0.1, 0.15) is 0 Å². The van der Waals surface area contributed by atoms with E-state index >= 15 is 0 Å². The Morgan fingerprint density at radius 3 is 2.32 bits per heavy atom. The van der Waals surface area contributed by atoms with Gasteiger partial charge in [-0.3, -0.25) is 9.59 Å². The summed E-state index contributed by atoms with van der Waals surface area (Å²) in [6.07, 6.45) is 3.76. The highest BCUT2D eigenvalue weighted by atomic mass is 16.5.